The second-order valence-corrected chi connectivity index (χ2v) is 3.30. The number of alkyl halides is 3. The normalized spacial score (nSPS) is 12.0. The maximum absolute atomic E-state index is 12.4. The van der Waals surface area contributed by atoms with Crippen LogP contribution in [0.1, 0.15) is 11.3 Å². The molecule has 1 radical (unpaired) electrons. The summed E-state index contributed by atoms with van der Waals surface area (Å²) in [6.07, 6.45) is -2.90. The highest BCUT2D eigenvalue weighted by Crippen LogP contribution is 2.30. The lowest BCUT2D eigenvalue weighted by Crippen LogP contribution is -2.04. The lowest BCUT2D eigenvalue weighted by atomic mass is 10.1. The minimum atomic E-state index is -4.32. The van der Waals surface area contributed by atoms with E-state index in [4.69, 9.17) is 0 Å². The summed E-state index contributed by atoms with van der Waals surface area (Å²) < 4.78 is 37.1. The highest BCUT2D eigenvalue weighted by Gasteiger charge is 2.30. The molecule has 0 aliphatic heterocycles. The van der Waals surface area contributed by atoms with E-state index < -0.39 is 11.7 Å². The fourth-order valence-corrected chi connectivity index (χ4v) is 1.34. The molecule has 1 heterocycles. The first-order valence-corrected chi connectivity index (χ1v) is 4.32. The van der Waals surface area contributed by atoms with Gasteiger partial charge in [-0.15, -0.1) is 0 Å². The van der Waals surface area contributed by atoms with Crippen molar-refractivity contribution in [2.24, 2.45) is 0 Å². The summed E-state index contributed by atoms with van der Waals surface area (Å²) in [6, 6.07) is 6.35. The molecule has 0 saturated carbocycles. The Morgan fingerprint density at radius 1 is 1.27 bits per heavy atom. The smallest absolute Gasteiger partial charge is 0.261 e. The van der Waals surface area contributed by atoms with Crippen molar-refractivity contribution >= 4 is 10.8 Å². The van der Waals surface area contributed by atoms with Gasteiger partial charge in [-0.3, -0.25) is 4.98 Å². The van der Waals surface area contributed by atoms with Crippen molar-refractivity contribution in [2.45, 2.75) is 13.1 Å². The number of benzene rings is 1. The summed E-state index contributed by atoms with van der Waals surface area (Å²) >= 11 is 0. The predicted octanol–water partition coefficient (Wildman–Crippen LogP) is 3.36. The Bertz CT molecular complexity index is 503. The molecule has 4 heteroatoms. The quantitative estimate of drug-likeness (QED) is 0.649. The third-order valence-electron chi connectivity index (χ3n) is 2.09. The molecule has 0 atom stereocenters. The summed E-state index contributed by atoms with van der Waals surface area (Å²) in [6.45, 7) is 1.78. The van der Waals surface area contributed by atoms with Crippen LogP contribution in [0.5, 0.6) is 0 Å². The van der Waals surface area contributed by atoms with E-state index in [0.717, 1.165) is 17.8 Å². The lowest BCUT2D eigenvalue weighted by molar-refractivity contribution is -0.137. The minimum absolute atomic E-state index is 0.454. The van der Waals surface area contributed by atoms with Gasteiger partial charge in [0.05, 0.1) is 5.56 Å². The van der Waals surface area contributed by atoms with Crippen LogP contribution in [0.2, 0.25) is 0 Å². The number of rotatable bonds is 0. The van der Waals surface area contributed by atoms with Gasteiger partial charge in [0.1, 0.15) is 0 Å². The monoisotopic (exact) mass is 210 g/mol. The number of hydrogen-bond donors (Lipinski definition) is 0. The number of fused-ring (bicyclic) bond motifs is 1. The first-order valence-electron chi connectivity index (χ1n) is 4.32. The van der Waals surface area contributed by atoms with Crippen molar-refractivity contribution in [1.82, 2.24) is 4.98 Å². The van der Waals surface area contributed by atoms with Gasteiger partial charge in [0, 0.05) is 17.3 Å². The van der Waals surface area contributed by atoms with Crippen LogP contribution in [0.4, 0.5) is 13.2 Å². The Labute approximate surface area is 84.6 Å². The van der Waals surface area contributed by atoms with Crippen LogP contribution in [0.3, 0.4) is 0 Å². The van der Waals surface area contributed by atoms with E-state index in [-0.39, 0.29) is 0 Å². The summed E-state index contributed by atoms with van der Waals surface area (Å²) in [7, 11) is 0. The summed E-state index contributed by atoms with van der Waals surface area (Å²) in [5.41, 5.74) is 0.0687. The van der Waals surface area contributed by atoms with E-state index in [9.17, 15) is 13.2 Å². The molecule has 0 bridgehead atoms. The van der Waals surface area contributed by atoms with Crippen LogP contribution in [0, 0.1) is 13.0 Å². The van der Waals surface area contributed by atoms with E-state index in [1.54, 1.807) is 13.0 Å². The number of aryl methyl sites for hydroxylation is 1. The molecule has 0 spiro atoms. The molecular formula is C11H7F3N. The Balaban J connectivity index is 2.62. The second-order valence-electron chi connectivity index (χ2n) is 3.30. The average molecular weight is 210 g/mol. The number of hydrogen-bond acceptors (Lipinski definition) is 1. The first-order chi connectivity index (χ1) is 6.97. The van der Waals surface area contributed by atoms with E-state index in [2.05, 4.69) is 11.1 Å². The zero-order chi connectivity index (χ0) is 11.1. The number of aromatic nitrogens is 1. The Morgan fingerprint density at radius 2 is 2.00 bits per heavy atom. The van der Waals surface area contributed by atoms with Crippen molar-refractivity contribution in [3.05, 3.63) is 41.7 Å². The molecule has 1 aromatic carbocycles. The van der Waals surface area contributed by atoms with E-state index in [1.807, 2.05) is 0 Å². The molecule has 15 heavy (non-hydrogen) atoms. The molecule has 0 N–H and O–H groups in total. The van der Waals surface area contributed by atoms with Crippen molar-refractivity contribution < 1.29 is 13.2 Å². The van der Waals surface area contributed by atoms with Gasteiger partial charge in [-0.25, -0.2) is 0 Å². The third kappa shape index (κ3) is 1.93. The van der Waals surface area contributed by atoms with Crippen molar-refractivity contribution in [2.75, 3.05) is 0 Å². The maximum atomic E-state index is 12.4. The van der Waals surface area contributed by atoms with Crippen molar-refractivity contribution in [3.63, 3.8) is 0 Å². The molecule has 0 aliphatic rings. The van der Waals surface area contributed by atoms with Gasteiger partial charge in [0.25, 0.3) is 0 Å². The first kappa shape index (κ1) is 9.96. The van der Waals surface area contributed by atoms with Gasteiger partial charge in [0.15, 0.2) is 0 Å². The van der Waals surface area contributed by atoms with Crippen LogP contribution in [0.25, 0.3) is 10.8 Å². The number of nitrogens with zero attached hydrogens (tertiary/aromatic N) is 1. The summed E-state index contributed by atoms with van der Waals surface area (Å²) in [5, 5.41) is 1.10. The van der Waals surface area contributed by atoms with E-state index >= 15 is 0 Å². The van der Waals surface area contributed by atoms with Crippen LogP contribution >= 0.6 is 0 Å². The number of halogens is 3. The molecule has 2 rings (SSSR count). The molecule has 0 aliphatic carbocycles. The average Bonchev–Trinajstić information content (AvgIpc) is 2.15. The molecule has 0 amide bonds. The third-order valence-corrected chi connectivity index (χ3v) is 2.09. The van der Waals surface area contributed by atoms with Gasteiger partial charge in [-0.05, 0) is 36.6 Å². The zero-order valence-corrected chi connectivity index (χ0v) is 7.89. The molecule has 1 nitrogen and oxygen atoms in total. The topological polar surface area (TPSA) is 12.9 Å². The Morgan fingerprint density at radius 3 is 2.67 bits per heavy atom. The Kier molecular flexibility index (Phi) is 2.14. The molecule has 0 fully saturated rings. The molecule has 2 aromatic rings. The van der Waals surface area contributed by atoms with Gasteiger partial charge in [-0.2, -0.15) is 13.2 Å². The largest absolute Gasteiger partial charge is 0.416 e. The van der Waals surface area contributed by atoms with Gasteiger partial charge in [-0.1, -0.05) is 0 Å². The van der Waals surface area contributed by atoms with Crippen LogP contribution in [-0.2, 0) is 6.18 Å². The molecule has 0 unspecified atom stereocenters. The molecule has 0 saturated heterocycles. The molecule has 1 aromatic heterocycles. The highest BCUT2D eigenvalue weighted by molar-refractivity contribution is 5.82. The second kappa shape index (κ2) is 3.22. The van der Waals surface area contributed by atoms with Crippen LogP contribution in [0.15, 0.2) is 24.4 Å². The highest BCUT2D eigenvalue weighted by atomic mass is 19.4. The fraction of sp³-hybridized carbons (Fsp3) is 0.182. The standard InChI is InChI=1S/C11H7F3N/c1-7-4-8-2-3-10(11(12,13)14)5-9(8)6-15-7/h3-6H,1H3. The SMILES string of the molecule is Cc1cc2[c]cc(C(F)(F)F)cc2cn1. The minimum Gasteiger partial charge on any atom is -0.261 e. The fourth-order valence-electron chi connectivity index (χ4n) is 1.34. The summed E-state index contributed by atoms with van der Waals surface area (Å²) in [5.74, 6) is 0. The lowest BCUT2D eigenvalue weighted by Gasteiger charge is -2.07. The van der Waals surface area contributed by atoms with Crippen molar-refractivity contribution in [3.8, 4) is 0 Å². The zero-order valence-electron chi connectivity index (χ0n) is 7.89. The summed E-state index contributed by atoms with van der Waals surface area (Å²) in [4.78, 5) is 3.94. The van der Waals surface area contributed by atoms with Gasteiger partial charge >= 0.3 is 6.18 Å². The van der Waals surface area contributed by atoms with Gasteiger partial charge < -0.3 is 0 Å². The van der Waals surface area contributed by atoms with Crippen molar-refractivity contribution in [1.29, 1.82) is 0 Å². The molecule has 77 valence electrons. The van der Waals surface area contributed by atoms with E-state index in [1.165, 1.54) is 6.20 Å². The molecular weight excluding hydrogens is 203 g/mol. The van der Waals surface area contributed by atoms with E-state index in [0.29, 0.717) is 10.8 Å². The number of pyridine rings is 1. The maximum Gasteiger partial charge on any atom is 0.416 e. The predicted molar refractivity (Wildman–Crippen MR) is 50.3 cm³/mol. The van der Waals surface area contributed by atoms with Crippen LogP contribution in [-0.4, -0.2) is 4.98 Å². The van der Waals surface area contributed by atoms with Crippen LogP contribution < -0.4 is 0 Å². The Hall–Kier alpha value is -1.58. The van der Waals surface area contributed by atoms with Gasteiger partial charge in [0.2, 0.25) is 0 Å².